The maximum Gasteiger partial charge on any atom is 0.249 e. The van der Waals surface area contributed by atoms with Gasteiger partial charge in [0.2, 0.25) is 17.7 Å². The number of aromatic nitrogens is 3. The van der Waals surface area contributed by atoms with Crippen LogP contribution in [0.2, 0.25) is 0 Å². The summed E-state index contributed by atoms with van der Waals surface area (Å²) < 4.78 is 20.8. The second-order valence-electron chi connectivity index (χ2n) is 7.05. The number of carbonyl (C=O) groups is 1. The van der Waals surface area contributed by atoms with Crippen molar-refractivity contribution >= 4 is 5.91 Å². The molecule has 0 radical (unpaired) electrons. The lowest BCUT2D eigenvalue weighted by Crippen LogP contribution is -2.27. The molecule has 0 aliphatic rings. The van der Waals surface area contributed by atoms with Crippen LogP contribution in [0.4, 0.5) is 4.39 Å². The highest BCUT2D eigenvalue weighted by molar-refractivity contribution is 5.76. The van der Waals surface area contributed by atoms with E-state index >= 15 is 0 Å². The van der Waals surface area contributed by atoms with Crippen LogP contribution in [0, 0.1) is 19.7 Å². The van der Waals surface area contributed by atoms with Gasteiger partial charge >= 0.3 is 0 Å². The summed E-state index contributed by atoms with van der Waals surface area (Å²) in [5.74, 6) is 0.270. The number of hydrogen-bond acceptors (Lipinski definition) is 4. The molecule has 0 saturated carbocycles. The van der Waals surface area contributed by atoms with Crippen molar-refractivity contribution in [2.24, 2.45) is 0 Å². The smallest absolute Gasteiger partial charge is 0.249 e. The van der Waals surface area contributed by atoms with Gasteiger partial charge in [-0.25, -0.2) is 4.39 Å². The molecule has 1 amide bonds. The van der Waals surface area contributed by atoms with Gasteiger partial charge in [-0.3, -0.25) is 4.79 Å². The Bertz CT molecular complexity index is 1160. The number of nitrogens with one attached hydrogen (secondary N) is 1. The third kappa shape index (κ3) is 4.15. The zero-order chi connectivity index (χ0) is 21.1. The molecular weight excluding hydrogens is 383 g/mol. The van der Waals surface area contributed by atoms with Crippen LogP contribution in [0.15, 0.2) is 65.1 Å². The minimum Gasteiger partial charge on any atom is -0.416 e. The zero-order valence-corrected chi connectivity index (χ0v) is 16.7. The molecule has 152 valence electrons. The lowest BCUT2D eigenvalue weighted by atomic mass is 10.2. The van der Waals surface area contributed by atoms with E-state index in [1.54, 1.807) is 12.1 Å². The molecule has 1 N–H and O–H groups in total. The van der Waals surface area contributed by atoms with Gasteiger partial charge in [-0.05, 0) is 49.7 Å². The number of amides is 1. The van der Waals surface area contributed by atoms with Crippen LogP contribution in [-0.4, -0.2) is 20.7 Å². The molecule has 0 unspecified atom stereocenters. The fraction of sp³-hybridized carbons (Fsp3) is 0.174. The molecule has 0 atom stereocenters. The average Bonchev–Trinajstić information content (AvgIpc) is 3.34. The molecular formula is C23H21FN4O2. The number of benzene rings is 2. The second-order valence-corrected chi connectivity index (χ2v) is 7.05. The number of rotatable bonds is 6. The first-order valence-corrected chi connectivity index (χ1v) is 9.58. The van der Waals surface area contributed by atoms with E-state index in [-0.39, 0.29) is 18.3 Å². The molecule has 2 aromatic carbocycles. The number of carbonyl (C=O) groups excluding carboxylic acids is 1. The van der Waals surface area contributed by atoms with Crippen LogP contribution in [0.1, 0.15) is 17.0 Å². The van der Waals surface area contributed by atoms with Gasteiger partial charge in [0.25, 0.3) is 0 Å². The Kier molecular flexibility index (Phi) is 5.43. The summed E-state index contributed by atoms with van der Waals surface area (Å²) in [6.07, 6.45) is 0. The van der Waals surface area contributed by atoms with Crippen molar-refractivity contribution in [3.8, 4) is 22.9 Å². The third-order valence-corrected chi connectivity index (χ3v) is 4.95. The highest BCUT2D eigenvalue weighted by Gasteiger charge is 2.18. The maximum absolute atomic E-state index is 13.1. The Morgan fingerprint density at radius 3 is 2.47 bits per heavy atom. The molecule has 4 aromatic rings. The summed E-state index contributed by atoms with van der Waals surface area (Å²) in [5, 5.41) is 11.1. The topological polar surface area (TPSA) is 73.0 Å². The molecule has 0 fully saturated rings. The Balaban J connectivity index is 1.49. The standard InChI is InChI=1S/C23H21FN4O2/c1-15-12-20(23-27-26-22(30-23)18-8-10-19(24)11-9-18)16(2)28(15)14-21(29)25-13-17-6-4-3-5-7-17/h3-12H,13-14H2,1-2H3,(H,25,29). The molecule has 7 heteroatoms. The number of nitrogens with zero attached hydrogens (tertiary/aromatic N) is 3. The van der Waals surface area contributed by atoms with Gasteiger partial charge in [0.05, 0.1) is 5.56 Å². The average molecular weight is 404 g/mol. The fourth-order valence-corrected chi connectivity index (χ4v) is 3.30. The highest BCUT2D eigenvalue weighted by atomic mass is 19.1. The quantitative estimate of drug-likeness (QED) is 0.521. The van der Waals surface area contributed by atoms with Gasteiger partial charge in [0.1, 0.15) is 12.4 Å². The molecule has 0 bridgehead atoms. The van der Waals surface area contributed by atoms with E-state index in [9.17, 15) is 9.18 Å². The third-order valence-electron chi connectivity index (χ3n) is 4.95. The van der Waals surface area contributed by atoms with Crippen molar-refractivity contribution < 1.29 is 13.6 Å². The SMILES string of the molecule is Cc1cc(-c2nnc(-c3ccc(F)cc3)o2)c(C)n1CC(=O)NCc1ccccc1. The molecule has 0 aliphatic heterocycles. The summed E-state index contributed by atoms with van der Waals surface area (Å²) in [4.78, 5) is 12.4. The Morgan fingerprint density at radius 1 is 1.03 bits per heavy atom. The molecule has 30 heavy (non-hydrogen) atoms. The first-order chi connectivity index (χ1) is 14.5. The Labute approximate surface area is 173 Å². The van der Waals surface area contributed by atoms with Crippen molar-refractivity contribution in [2.45, 2.75) is 26.9 Å². The van der Waals surface area contributed by atoms with Gasteiger partial charge < -0.3 is 14.3 Å². The molecule has 0 saturated heterocycles. The summed E-state index contributed by atoms with van der Waals surface area (Å²) in [6.45, 7) is 4.52. The predicted octanol–water partition coefficient (Wildman–Crippen LogP) is 4.28. The van der Waals surface area contributed by atoms with Crippen LogP contribution < -0.4 is 5.32 Å². The van der Waals surface area contributed by atoms with E-state index in [2.05, 4.69) is 15.5 Å². The molecule has 6 nitrogen and oxygen atoms in total. The van der Waals surface area contributed by atoms with Gasteiger partial charge in [-0.15, -0.1) is 10.2 Å². The van der Waals surface area contributed by atoms with E-state index in [4.69, 9.17) is 4.42 Å². The van der Waals surface area contributed by atoms with Gasteiger partial charge in [0, 0.05) is 23.5 Å². The van der Waals surface area contributed by atoms with E-state index in [0.29, 0.717) is 23.9 Å². The van der Waals surface area contributed by atoms with E-state index in [1.807, 2.05) is 54.8 Å². The van der Waals surface area contributed by atoms with Crippen molar-refractivity contribution in [3.63, 3.8) is 0 Å². The lowest BCUT2D eigenvalue weighted by Gasteiger charge is -2.10. The van der Waals surface area contributed by atoms with Crippen molar-refractivity contribution in [2.75, 3.05) is 0 Å². The molecule has 4 rings (SSSR count). The van der Waals surface area contributed by atoms with Gasteiger partial charge in [0.15, 0.2) is 0 Å². The lowest BCUT2D eigenvalue weighted by molar-refractivity contribution is -0.121. The van der Waals surface area contributed by atoms with Crippen molar-refractivity contribution in [1.29, 1.82) is 0 Å². The van der Waals surface area contributed by atoms with Crippen LogP contribution in [-0.2, 0) is 17.9 Å². The van der Waals surface area contributed by atoms with Crippen LogP contribution in [0.25, 0.3) is 22.9 Å². The van der Waals surface area contributed by atoms with Crippen LogP contribution in [0.3, 0.4) is 0 Å². The fourth-order valence-electron chi connectivity index (χ4n) is 3.30. The number of hydrogen-bond donors (Lipinski definition) is 1. The summed E-state index contributed by atoms with van der Waals surface area (Å²) in [7, 11) is 0. The highest BCUT2D eigenvalue weighted by Crippen LogP contribution is 2.28. The van der Waals surface area contributed by atoms with Crippen LogP contribution >= 0.6 is 0 Å². The maximum atomic E-state index is 13.1. The monoisotopic (exact) mass is 404 g/mol. The largest absolute Gasteiger partial charge is 0.416 e. The molecule has 2 aromatic heterocycles. The molecule has 0 aliphatic carbocycles. The number of aryl methyl sites for hydroxylation is 1. The van der Waals surface area contributed by atoms with Crippen LogP contribution in [0.5, 0.6) is 0 Å². The molecule has 0 spiro atoms. The van der Waals surface area contributed by atoms with Gasteiger partial charge in [-0.1, -0.05) is 30.3 Å². The van der Waals surface area contributed by atoms with Crippen molar-refractivity contribution in [3.05, 3.63) is 83.4 Å². The van der Waals surface area contributed by atoms with E-state index in [0.717, 1.165) is 22.5 Å². The first-order valence-electron chi connectivity index (χ1n) is 9.58. The zero-order valence-electron chi connectivity index (χ0n) is 16.7. The predicted molar refractivity (Wildman–Crippen MR) is 111 cm³/mol. The summed E-state index contributed by atoms with van der Waals surface area (Å²) in [6, 6.07) is 17.6. The van der Waals surface area contributed by atoms with E-state index in [1.165, 1.54) is 12.1 Å². The molecule has 2 heterocycles. The minimum atomic E-state index is -0.326. The Morgan fingerprint density at radius 2 is 1.73 bits per heavy atom. The summed E-state index contributed by atoms with van der Waals surface area (Å²) in [5.41, 5.74) is 4.23. The summed E-state index contributed by atoms with van der Waals surface area (Å²) >= 11 is 0. The number of halogens is 1. The normalized spacial score (nSPS) is 10.9. The minimum absolute atomic E-state index is 0.0790. The van der Waals surface area contributed by atoms with Crippen molar-refractivity contribution in [1.82, 2.24) is 20.1 Å². The van der Waals surface area contributed by atoms with Gasteiger partial charge in [-0.2, -0.15) is 0 Å². The second kappa shape index (κ2) is 8.32. The van der Waals surface area contributed by atoms with E-state index < -0.39 is 0 Å². The Hall–Kier alpha value is -3.74. The first kappa shape index (κ1) is 19.6.